The maximum absolute atomic E-state index is 12.8. The molecule has 0 bridgehead atoms. The second kappa shape index (κ2) is 54.2. The Balaban J connectivity index is 3.98. The van der Waals surface area contributed by atoms with Crippen molar-refractivity contribution in [3.8, 4) is 0 Å². The predicted octanol–water partition coefficient (Wildman–Crippen LogP) is 18.2. The summed E-state index contributed by atoms with van der Waals surface area (Å²) < 4.78 is 34.1. The van der Waals surface area contributed by atoms with E-state index in [0.717, 1.165) is 89.9 Å². The van der Waals surface area contributed by atoms with Crippen LogP contribution in [0.1, 0.15) is 264 Å². The van der Waals surface area contributed by atoms with E-state index in [2.05, 4.69) is 86.8 Å². The van der Waals surface area contributed by atoms with Gasteiger partial charge in [-0.1, -0.05) is 247 Å². The molecular weight excluding hydrogens is 930 g/mol. The summed E-state index contributed by atoms with van der Waals surface area (Å²) in [5.74, 6) is -0.843. The van der Waals surface area contributed by atoms with Gasteiger partial charge in [-0.15, -0.1) is 0 Å². The van der Waals surface area contributed by atoms with Crippen molar-refractivity contribution >= 4 is 19.8 Å². The van der Waals surface area contributed by atoms with Crippen LogP contribution in [-0.2, 0) is 32.7 Å². The van der Waals surface area contributed by atoms with Crippen LogP contribution in [0.5, 0.6) is 0 Å². The lowest BCUT2D eigenvalue weighted by atomic mass is 10.0. The lowest BCUT2D eigenvalue weighted by molar-refractivity contribution is -0.870. The monoisotopic (exact) mass is 1040 g/mol. The van der Waals surface area contributed by atoms with Crippen LogP contribution in [0.2, 0.25) is 0 Å². The average molecular weight is 1040 g/mol. The van der Waals surface area contributed by atoms with Crippen LogP contribution in [0.25, 0.3) is 0 Å². The summed E-state index contributed by atoms with van der Waals surface area (Å²) in [4.78, 5) is 37.8. The van der Waals surface area contributed by atoms with E-state index in [1.54, 1.807) is 0 Å². The maximum atomic E-state index is 12.8. The zero-order valence-electron chi connectivity index (χ0n) is 48.1. The number of esters is 2. The van der Waals surface area contributed by atoms with E-state index < -0.39 is 32.5 Å². The van der Waals surface area contributed by atoms with E-state index in [-0.39, 0.29) is 26.1 Å². The van der Waals surface area contributed by atoms with E-state index in [9.17, 15) is 19.0 Å². The molecule has 0 saturated carbocycles. The van der Waals surface area contributed by atoms with Gasteiger partial charge in [0.2, 0.25) is 0 Å². The fourth-order valence-corrected chi connectivity index (χ4v) is 9.04. The van der Waals surface area contributed by atoms with E-state index in [1.807, 2.05) is 21.1 Å². The number of ether oxygens (including phenoxy) is 2. The normalized spacial score (nSPS) is 13.8. The molecule has 0 aromatic heterocycles. The molecule has 424 valence electrons. The molecule has 0 spiro atoms. The number of hydrogen-bond acceptors (Lipinski definition) is 8. The van der Waals surface area contributed by atoms with Gasteiger partial charge >= 0.3 is 11.9 Å². The molecule has 0 fully saturated rings. The molecule has 0 aromatic rings. The summed E-state index contributed by atoms with van der Waals surface area (Å²) in [6.07, 6.45) is 71.2. The van der Waals surface area contributed by atoms with E-state index in [4.69, 9.17) is 18.5 Å². The largest absolute Gasteiger partial charge is 0.756 e. The number of unbranched alkanes of at least 4 members (excludes halogenated alkanes) is 29. The molecule has 0 aromatic carbocycles. The summed E-state index contributed by atoms with van der Waals surface area (Å²) in [5.41, 5.74) is 0. The van der Waals surface area contributed by atoms with Crippen molar-refractivity contribution in [3.63, 3.8) is 0 Å². The number of allylic oxidation sites excluding steroid dienone is 12. The second-order valence-corrected chi connectivity index (χ2v) is 22.7. The highest BCUT2D eigenvalue weighted by atomic mass is 31.2. The minimum Gasteiger partial charge on any atom is -0.756 e. The van der Waals surface area contributed by atoms with Crippen molar-refractivity contribution in [2.24, 2.45) is 0 Å². The van der Waals surface area contributed by atoms with Gasteiger partial charge in [0.25, 0.3) is 7.82 Å². The molecule has 2 unspecified atom stereocenters. The van der Waals surface area contributed by atoms with E-state index in [1.165, 1.54) is 135 Å². The molecule has 0 aliphatic rings. The Kier molecular flexibility index (Phi) is 52.4. The van der Waals surface area contributed by atoms with Gasteiger partial charge in [-0.05, 0) is 77.0 Å². The number of phosphoric acid groups is 1. The Morgan fingerprint density at radius 2 is 0.781 bits per heavy atom. The minimum atomic E-state index is -4.64. The average Bonchev–Trinajstić information content (AvgIpc) is 3.35. The fourth-order valence-electron chi connectivity index (χ4n) is 8.31. The highest BCUT2D eigenvalue weighted by molar-refractivity contribution is 7.45. The lowest BCUT2D eigenvalue weighted by Crippen LogP contribution is -2.37. The van der Waals surface area contributed by atoms with Crippen LogP contribution < -0.4 is 4.89 Å². The van der Waals surface area contributed by atoms with Gasteiger partial charge < -0.3 is 27.9 Å². The van der Waals surface area contributed by atoms with Crippen molar-refractivity contribution < 1.29 is 42.1 Å². The minimum absolute atomic E-state index is 0.0336. The van der Waals surface area contributed by atoms with Crippen LogP contribution in [0, 0.1) is 0 Å². The van der Waals surface area contributed by atoms with Crippen LogP contribution in [0.15, 0.2) is 72.9 Å². The molecule has 73 heavy (non-hydrogen) atoms. The maximum Gasteiger partial charge on any atom is 0.306 e. The smallest absolute Gasteiger partial charge is 0.306 e. The summed E-state index contributed by atoms with van der Waals surface area (Å²) in [6, 6.07) is 0. The third-order valence-electron chi connectivity index (χ3n) is 13.0. The zero-order chi connectivity index (χ0) is 53.5. The Morgan fingerprint density at radius 1 is 0.438 bits per heavy atom. The van der Waals surface area contributed by atoms with Crippen LogP contribution in [-0.4, -0.2) is 70.0 Å². The zero-order valence-corrected chi connectivity index (χ0v) is 49.0. The second-order valence-electron chi connectivity index (χ2n) is 21.3. The molecule has 0 aliphatic carbocycles. The number of likely N-dealkylation sites (N-methyl/N-ethyl adjacent to an activating group) is 1. The molecule has 0 aliphatic heterocycles. The number of rotatable bonds is 55. The number of quaternary nitrogens is 1. The van der Waals surface area contributed by atoms with Gasteiger partial charge in [0.05, 0.1) is 27.7 Å². The van der Waals surface area contributed by atoms with Crippen LogP contribution >= 0.6 is 7.82 Å². The molecule has 0 saturated heterocycles. The number of carbonyl (C=O) groups is 2. The first kappa shape index (κ1) is 70.5. The van der Waals surface area contributed by atoms with E-state index in [0.29, 0.717) is 23.9 Å². The number of nitrogens with zero attached hydrogens (tertiary/aromatic N) is 1. The quantitative estimate of drug-likeness (QED) is 0.0195. The van der Waals surface area contributed by atoms with Gasteiger partial charge in [0.15, 0.2) is 6.10 Å². The SMILES string of the molecule is CC/C=C\C/C=C\C/C=C\C/C=C\CCCCCCCCCCCCCCCCCCCCCCCCC(=O)OC(COC(=O)CCCCCCC/C=C\C/C=C\CCCC)COP(=O)([O-])OCC[N+](C)(C)C. The Bertz CT molecular complexity index is 1460. The predicted molar refractivity (Wildman–Crippen MR) is 309 cm³/mol. The summed E-state index contributed by atoms with van der Waals surface area (Å²) >= 11 is 0. The Morgan fingerprint density at radius 3 is 1.16 bits per heavy atom. The standard InChI is InChI=1S/C63H114NO8P/c1-6-8-10-12-14-16-18-20-22-23-24-25-26-27-28-29-30-31-32-33-34-35-36-37-38-39-40-41-42-44-46-48-50-52-54-56-63(66)72-61(60-71-73(67,68)70-58-57-64(3,4)5)59-69-62(65)55-53-51-49-47-45-43-21-19-17-15-13-11-9-7-2/h8,10,13-16,19-22,24-25,61H,6-7,9,11-12,17-18,23,26-60H2,1-5H3/b10-8-,15-13-,16-14-,21-19-,22-20-,25-24-. The Hall–Kier alpha value is -2.55. The van der Waals surface area contributed by atoms with Crippen molar-refractivity contribution in [3.05, 3.63) is 72.9 Å². The van der Waals surface area contributed by atoms with Crippen LogP contribution in [0.3, 0.4) is 0 Å². The van der Waals surface area contributed by atoms with Crippen molar-refractivity contribution in [2.75, 3.05) is 47.5 Å². The molecular formula is C63H114NO8P. The highest BCUT2D eigenvalue weighted by Crippen LogP contribution is 2.38. The Labute approximate surface area is 450 Å². The first-order valence-electron chi connectivity index (χ1n) is 30.1. The third-order valence-corrected chi connectivity index (χ3v) is 13.9. The molecule has 0 N–H and O–H groups in total. The molecule has 2 atom stereocenters. The summed E-state index contributed by atoms with van der Waals surface area (Å²) in [7, 11) is 1.16. The van der Waals surface area contributed by atoms with Gasteiger partial charge in [-0.3, -0.25) is 14.2 Å². The lowest BCUT2D eigenvalue weighted by Gasteiger charge is -2.28. The molecule has 0 radical (unpaired) electrons. The molecule has 9 nitrogen and oxygen atoms in total. The number of carbonyl (C=O) groups excluding carboxylic acids is 2. The number of phosphoric ester groups is 1. The van der Waals surface area contributed by atoms with Gasteiger partial charge in [-0.2, -0.15) is 0 Å². The van der Waals surface area contributed by atoms with Crippen molar-refractivity contribution in [1.82, 2.24) is 0 Å². The third kappa shape index (κ3) is 58.6. The van der Waals surface area contributed by atoms with Gasteiger partial charge in [0, 0.05) is 12.8 Å². The van der Waals surface area contributed by atoms with Crippen LogP contribution in [0.4, 0.5) is 0 Å². The summed E-state index contributed by atoms with van der Waals surface area (Å²) in [6.45, 7) is 4.08. The highest BCUT2D eigenvalue weighted by Gasteiger charge is 2.22. The molecule has 0 heterocycles. The van der Waals surface area contributed by atoms with E-state index >= 15 is 0 Å². The van der Waals surface area contributed by atoms with Crippen molar-refractivity contribution in [1.29, 1.82) is 0 Å². The van der Waals surface area contributed by atoms with Gasteiger partial charge in [-0.25, -0.2) is 0 Å². The summed E-state index contributed by atoms with van der Waals surface area (Å²) in [5, 5.41) is 0. The topological polar surface area (TPSA) is 111 Å². The molecule has 0 rings (SSSR count). The molecule has 0 amide bonds. The molecule has 10 heteroatoms. The first-order valence-corrected chi connectivity index (χ1v) is 31.6. The fraction of sp³-hybridized carbons (Fsp3) is 0.778. The van der Waals surface area contributed by atoms with Crippen molar-refractivity contribution in [2.45, 2.75) is 270 Å². The first-order chi connectivity index (χ1) is 35.5. The van der Waals surface area contributed by atoms with Gasteiger partial charge in [0.1, 0.15) is 19.8 Å². The number of hydrogen-bond donors (Lipinski definition) is 0.